The molecule has 1 N–H and O–H groups in total. The first kappa shape index (κ1) is 20.7. The molecule has 0 saturated carbocycles. The highest BCUT2D eigenvalue weighted by molar-refractivity contribution is 6.31. The van der Waals surface area contributed by atoms with E-state index in [4.69, 9.17) is 21.1 Å². The van der Waals surface area contributed by atoms with Crippen LogP contribution in [-0.2, 0) is 16.0 Å². The SMILES string of the molecule is COc1ccc(CCN2C(=O)C(O)=C(C(C)=O)C2c2ccccc2Cl)cc1OC. The van der Waals surface area contributed by atoms with Crippen molar-refractivity contribution in [2.45, 2.75) is 19.4 Å². The van der Waals surface area contributed by atoms with Gasteiger partial charge in [-0.15, -0.1) is 0 Å². The van der Waals surface area contributed by atoms with Crippen LogP contribution in [0.5, 0.6) is 11.5 Å². The summed E-state index contributed by atoms with van der Waals surface area (Å²) in [6, 6.07) is 11.8. The van der Waals surface area contributed by atoms with Crippen LogP contribution in [0.25, 0.3) is 0 Å². The minimum absolute atomic E-state index is 0.0652. The van der Waals surface area contributed by atoms with Crippen molar-refractivity contribution >= 4 is 23.3 Å². The number of Topliss-reactive ketones (excluding diaryl/α,β-unsaturated/α-hetero) is 1. The van der Waals surface area contributed by atoms with Gasteiger partial charge in [0, 0.05) is 11.6 Å². The van der Waals surface area contributed by atoms with Gasteiger partial charge in [0.25, 0.3) is 5.91 Å². The Balaban J connectivity index is 1.92. The molecule has 0 spiro atoms. The third kappa shape index (κ3) is 3.93. The Kier molecular flexibility index (Phi) is 6.13. The first-order valence-electron chi connectivity index (χ1n) is 9.09. The molecule has 1 amide bonds. The lowest BCUT2D eigenvalue weighted by atomic mass is 9.96. The summed E-state index contributed by atoms with van der Waals surface area (Å²) in [7, 11) is 3.12. The van der Waals surface area contributed by atoms with Gasteiger partial charge in [0.05, 0.1) is 25.8 Å². The van der Waals surface area contributed by atoms with Crippen LogP contribution in [0.4, 0.5) is 0 Å². The minimum Gasteiger partial charge on any atom is -0.503 e. The topological polar surface area (TPSA) is 76.1 Å². The summed E-state index contributed by atoms with van der Waals surface area (Å²) in [5, 5.41) is 10.8. The molecule has 1 unspecified atom stereocenters. The molecule has 1 aliphatic rings. The molecule has 7 heteroatoms. The lowest BCUT2D eigenvalue weighted by molar-refractivity contribution is -0.129. The molecule has 0 radical (unpaired) electrons. The van der Waals surface area contributed by atoms with Crippen molar-refractivity contribution < 1.29 is 24.2 Å². The zero-order chi connectivity index (χ0) is 21.1. The zero-order valence-electron chi connectivity index (χ0n) is 16.4. The number of rotatable bonds is 7. The first-order valence-corrected chi connectivity index (χ1v) is 9.47. The van der Waals surface area contributed by atoms with E-state index in [0.717, 1.165) is 5.56 Å². The maximum atomic E-state index is 12.7. The number of aliphatic hydroxyl groups excluding tert-OH is 1. The highest BCUT2D eigenvalue weighted by Crippen LogP contribution is 2.40. The van der Waals surface area contributed by atoms with E-state index in [1.165, 1.54) is 11.8 Å². The lowest BCUT2D eigenvalue weighted by Gasteiger charge is -2.27. The number of benzene rings is 2. The Morgan fingerprint density at radius 3 is 2.45 bits per heavy atom. The van der Waals surface area contributed by atoms with E-state index in [1.807, 2.05) is 12.1 Å². The van der Waals surface area contributed by atoms with E-state index in [-0.39, 0.29) is 17.9 Å². The maximum Gasteiger partial charge on any atom is 0.290 e. The molecule has 0 aliphatic carbocycles. The molecule has 1 atom stereocenters. The summed E-state index contributed by atoms with van der Waals surface area (Å²) in [4.78, 5) is 26.4. The van der Waals surface area contributed by atoms with Gasteiger partial charge in [-0.1, -0.05) is 35.9 Å². The molecule has 152 valence electrons. The van der Waals surface area contributed by atoms with Gasteiger partial charge in [-0.25, -0.2) is 0 Å². The molecule has 0 saturated heterocycles. The van der Waals surface area contributed by atoms with Crippen molar-refractivity contribution in [3.8, 4) is 11.5 Å². The third-order valence-electron chi connectivity index (χ3n) is 4.97. The monoisotopic (exact) mass is 415 g/mol. The molecule has 0 aromatic heterocycles. The van der Waals surface area contributed by atoms with E-state index < -0.39 is 17.7 Å². The highest BCUT2D eigenvalue weighted by Gasteiger charge is 2.42. The number of nitrogens with zero attached hydrogens (tertiary/aromatic N) is 1. The van der Waals surface area contributed by atoms with Gasteiger partial charge in [-0.2, -0.15) is 0 Å². The van der Waals surface area contributed by atoms with E-state index in [0.29, 0.717) is 28.5 Å². The number of ketones is 1. The second-order valence-corrected chi connectivity index (χ2v) is 7.09. The molecular weight excluding hydrogens is 394 g/mol. The summed E-state index contributed by atoms with van der Waals surface area (Å²) < 4.78 is 10.6. The van der Waals surface area contributed by atoms with Crippen LogP contribution < -0.4 is 9.47 Å². The normalized spacial score (nSPS) is 16.3. The fraction of sp³-hybridized carbons (Fsp3) is 0.273. The number of ether oxygens (including phenoxy) is 2. The number of carbonyl (C=O) groups is 2. The molecule has 0 bridgehead atoms. The van der Waals surface area contributed by atoms with Gasteiger partial charge < -0.3 is 19.5 Å². The molecule has 1 heterocycles. The lowest BCUT2D eigenvalue weighted by Crippen LogP contribution is -2.33. The summed E-state index contributed by atoms with van der Waals surface area (Å²) in [6.07, 6.45) is 0.492. The van der Waals surface area contributed by atoms with E-state index in [9.17, 15) is 14.7 Å². The fourth-order valence-corrected chi connectivity index (χ4v) is 3.79. The number of carbonyl (C=O) groups excluding carboxylic acids is 2. The molecular formula is C22H22ClNO5. The van der Waals surface area contributed by atoms with Crippen molar-refractivity contribution in [3.63, 3.8) is 0 Å². The van der Waals surface area contributed by atoms with Crippen molar-refractivity contribution in [2.75, 3.05) is 20.8 Å². The number of halogens is 1. The predicted octanol–water partition coefficient (Wildman–Crippen LogP) is 3.88. The van der Waals surface area contributed by atoms with Crippen LogP contribution in [0.15, 0.2) is 53.8 Å². The molecule has 29 heavy (non-hydrogen) atoms. The Labute approximate surface area is 174 Å². The van der Waals surface area contributed by atoms with Crippen LogP contribution in [0.3, 0.4) is 0 Å². The van der Waals surface area contributed by atoms with Gasteiger partial charge in [0.1, 0.15) is 0 Å². The average Bonchev–Trinajstić information content (AvgIpc) is 2.97. The smallest absolute Gasteiger partial charge is 0.290 e. The van der Waals surface area contributed by atoms with Crippen LogP contribution in [0.2, 0.25) is 5.02 Å². The zero-order valence-corrected chi connectivity index (χ0v) is 17.2. The Bertz CT molecular complexity index is 985. The van der Waals surface area contributed by atoms with Gasteiger partial charge in [-0.3, -0.25) is 9.59 Å². The molecule has 3 rings (SSSR count). The van der Waals surface area contributed by atoms with Gasteiger partial charge in [0.15, 0.2) is 23.0 Å². The molecule has 6 nitrogen and oxygen atoms in total. The predicted molar refractivity (Wildman–Crippen MR) is 109 cm³/mol. The molecule has 2 aromatic carbocycles. The fourth-order valence-electron chi connectivity index (χ4n) is 3.55. The van der Waals surface area contributed by atoms with Crippen LogP contribution >= 0.6 is 11.6 Å². The van der Waals surface area contributed by atoms with Crippen LogP contribution in [-0.4, -0.2) is 42.5 Å². The average molecular weight is 416 g/mol. The number of amides is 1. The van der Waals surface area contributed by atoms with Crippen LogP contribution in [0.1, 0.15) is 24.1 Å². The minimum atomic E-state index is -0.728. The molecule has 2 aromatic rings. The first-order chi connectivity index (χ1) is 13.9. The third-order valence-corrected chi connectivity index (χ3v) is 5.32. The van der Waals surface area contributed by atoms with Crippen molar-refractivity contribution in [1.29, 1.82) is 0 Å². The van der Waals surface area contributed by atoms with Gasteiger partial charge in [0.2, 0.25) is 0 Å². The van der Waals surface area contributed by atoms with Gasteiger partial charge in [-0.05, 0) is 42.7 Å². The highest BCUT2D eigenvalue weighted by atomic mass is 35.5. The number of aliphatic hydroxyl groups is 1. The molecule has 1 aliphatic heterocycles. The standard InChI is InChI=1S/C22H22ClNO5/c1-13(25)19-20(15-6-4-5-7-16(15)23)24(22(27)21(19)26)11-10-14-8-9-17(28-2)18(12-14)29-3/h4-9,12,20,26H,10-11H2,1-3H3. The molecule has 0 fully saturated rings. The summed E-state index contributed by atoms with van der Waals surface area (Å²) in [5.41, 5.74) is 1.59. The van der Waals surface area contributed by atoms with E-state index in [2.05, 4.69) is 0 Å². The summed E-state index contributed by atoms with van der Waals surface area (Å²) in [5.74, 6) is -0.267. The number of hydrogen-bond acceptors (Lipinski definition) is 5. The second kappa shape index (κ2) is 8.57. The maximum absolute atomic E-state index is 12.7. The van der Waals surface area contributed by atoms with E-state index >= 15 is 0 Å². The van der Waals surface area contributed by atoms with Crippen LogP contribution in [0, 0.1) is 0 Å². The Morgan fingerprint density at radius 1 is 1.14 bits per heavy atom. The quantitative estimate of drug-likeness (QED) is 0.742. The van der Waals surface area contributed by atoms with Gasteiger partial charge >= 0.3 is 0 Å². The Hall–Kier alpha value is -2.99. The Morgan fingerprint density at radius 2 is 1.83 bits per heavy atom. The largest absolute Gasteiger partial charge is 0.503 e. The number of methoxy groups -OCH3 is 2. The summed E-state index contributed by atoms with van der Waals surface area (Å²) in [6.45, 7) is 1.62. The second-order valence-electron chi connectivity index (χ2n) is 6.68. The number of hydrogen-bond donors (Lipinski definition) is 1. The van der Waals surface area contributed by atoms with Crippen molar-refractivity contribution in [2.24, 2.45) is 0 Å². The van der Waals surface area contributed by atoms with E-state index in [1.54, 1.807) is 44.6 Å². The van der Waals surface area contributed by atoms with Crippen molar-refractivity contribution in [3.05, 3.63) is 69.9 Å². The summed E-state index contributed by atoms with van der Waals surface area (Å²) >= 11 is 6.34. The van der Waals surface area contributed by atoms with Crippen molar-refractivity contribution in [1.82, 2.24) is 4.90 Å².